The highest BCUT2D eigenvalue weighted by atomic mass is 15.0. The number of amidine groups is 1. The zero-order valence-corrected chi connectivity index (χ0v) is 32.3. The molecule has 59 heavy (non-hydrogen) atoms. The molecule has 1 N–H and O–H groups in total. The molecule has 0 amide bonds. The smallest absolute Gasteiger partial charge is 0.134 e. The standard InChI is InChI=1S/C56H39N3/c1-4-14-38(15-5-1)40-24-28-42(29-25-40)51-37-52(58-56(57-51)44-18-8-3-9-19-44)43-30-26-41(27-31-43)46-33-35-54(48-21-11-10-20-47(46)48)59-53-23-13-12-22-49(53)50-36-45(32-34-55(50)59)39-16-6-2-7-17-39/h1-37,51H,(H,57,58). The van der Waals surface area contributed by atoms with Crippen molar-refractivity contribution in [3.8, 4) is 39.1 Å². The van der Waals surface area contributed by atoms with Crippen LogP contribution in [0.25, 0.3) is 77.3 Å². The van der Waals surface area contributed by atoms with E-state index < -0.39 is 0 Å². The fourth-order valence-corrected chi connectivity index (χ4v) is 8.73. The van der Waals surface area contributed by atoms with Gasteiger partial charge >= 0.3 is 0 Å². The molecule has 1 aromatic heterocycles. The summed E-state index contributed by atoms with van der Waals surface area (Å²) in [7, 11) is 0. The summed E-state index contributed by atoms with van der Waals surface area (Å²) in [5, 5.41) is 8.65. The molecule has 0 fully saturated rings. The van der Waals surface area contributed by atoms with Crippen LogP contribution in [0.5, 0.6) is 0 Å². The summed E-state index contributed by atoms with van der Waals surface area (Å²) in [5.41, 5.74) is 15.1. The SMILES string of the molecule is C1=C(c2ccc(-c3ccc(-n4c5ccccc5c5cc(-c6ccccc6)ccc54)c4ccccc34)cc2)N=C(c2ccccc2)NC1c1ccc(-c2ccccc2)cc1. The van der Waals surface area contributed by atoms with Crippen molar-refractivity contribution >= 4 is 44.1 Å². The van der Waals surface area contributed by atoms with Crippen LogP contribution in [0.3, 0.4) is 0 Å². The third kappa shape index (κ3) is 6.30. The molecular formula is C56H39N3. The lowest BCUT2D eigenvalue weighted by Crippen LogP contribution is -2.31. The molecule has 1 aliphatic rings. The first-order valence-electron chi connectivity index (χ1n) is 20.2. The summed E-state index contributed by atoms with van der Waals surface area (Å²) < 4.78 is 2.44. The van der Waals surface area contributed by atoms with E-state index in [2.05, 4.69) is 228 Å². The molecule has 0 radical (unpaired) electrons. The van der Waals surface area contributed by atoms with Crippen LogP contribution < -0.4 is 5.32 Å². The van der Waals surface area contributed by atoms with Gasteiger partial charge in [0.15, 0.2) is 0 Å². The maximum Gasteiger partial charge on any atom is 0.134 e. The fraction of sp³-hybridized carbons (Fsp3) is 0.0179. The summed E-state index contributed by atoms with van der Waals surface area (Å²) >= 11 is 0. The van der Waals surface area contributed by atoms with Gasteiger partial charge in [-0.05, 0) is 80.2 Å². The van der Waals surface area contributed by atoms with E-state index in [1.807, 2.05) is 6.07 Å². The Morgan fingerprint density at radius 1 is 0.373 bits per heavy atom. The fourth-order valence-electron chi connectivity index (χ4n) is 8.73. The highest BCUT2D eigenvalue weighted by molar-refractivity contribution is 6.12. The lowest BCUT2D eigenvalue weighted by Gasteiger charge is -2.25. The van der Waals surface area contributed by atoms with Gasteiger partial charge in [-0.3, -0.25) is 0 Å². The number of rotatable bonds is 7. The summed E-state index contributed by atoms with van der Waals surface area (Å²) in [5.74, 6) is 0.868. The number of fused-ring (bicyclic) bond motifs is 4. The Kier molecular flexibility index (Phi) is 8.56. The van der Waals surface area contributed by atoms with Gasteiger partial charge in [0.2, 0.25) is 0 Å². The van der Waals surface area contributed by atoms with E-state index in [-0.39, 0.29) is 6.04 Å². The molecule has 0 aliphatic carbocycles. The molecule has 0 spiro atoms. The summed E-state index contributed by atoms with van der Waals surface area (Å²) in [6.07, 6.45) is 2.25. The Labute approximate surface area is 343 Å². The average molecular weight is 754 g/mol. The van der Waals surface area contributed by atoms with Gasteiger partial charge in [-0.15, -0.1) is 0 Å². The Morgan fingerprint density at radius 2 is 0.898 bits per heavy atom. The second kappa shape index (κ2) is 14.6. The van der Waals surface area contributed by atoms with Crippen molar-refractivity contribution in [3.05, 3.63) is 241 Å². The molecule has 278 valence electrons. The van der Waals surface area contributed by atoms with Gasteiger partial charge in [-0.1, -0.05) is 194 Å². The van der Waals surface area contributed by atoms with Crippen molar-refractivity contribution in [2.75, 3.05) is 0 Å². The third-order valence-corrected chi connectivity index (χ3v) is 11.7. The number of nitrogens with zero attached hydrogens (tertiary/aromatic N) is 2. The van der Waals surface area contributed by atoms with E-state index in [1.165, 1.54) is 77.2 Å². The zero-order valence-electron chi connectivity index (χ0n) is 32.3. The van der Waals surface area contributed by atoms with Gasteiger partial charge in [-0.25, -0.2) is 4.99 Å². The minimum Gasteiger partial charge on any atom is -0.359 e. The molecule has 3 heteroatoms. The molecule has 10 aromatic rings. The van der Waals surface area contributed by atoms with E-state index in [1.54, 1.807) is 0 Å². The minimum absolute atomic E-state index is 0.0375. The number of aromatic nitrogens is 1. The van der Waals surface area contributed by atoms with E-state index in [0.29, 0.717) is 0 Å². The maximum absolute atomic E-state index is 5.19. The monoisotopic (exact) mass is 753 g/mol. The highest BCUT2D eigenvalue weighted by Gasteiger charge is 2.21. The lowest BCUT2D eigenvalue weighted by molar-refractivity contribution is 0.781. The number of hydrogen-bond acceptors (Lipinski definition) is 2. The van der Waals surface area contributed by atoms with Crippen LogP contribution in [0.2, 0.25) is 0 Å². The first-order chi connectivity index (χ1) is 29.2. The largest absolute Gasteiger partial charge is 0.359 e. The Bertz CT molecular complexity index is 3200. The number of aliphatic imine (C=N–C) groups is 1. The van der Waals surface area contributed by atoms with Crippen LogP contribution in [0.1, 0.15) is 22.7 Å². The van der Waals surface area contributed by atoms with E-state index >= 15 is 0 Å². The Balaban J connectivity index is 0.969. The lowest BCUT2D eigenvalue weighted by atomic mass is 9.95. The van der Waals surface area contributed by atoms with Crippen LogP contribution in [0.4, 0.5) is 0 Å². The van der Waals surface area contributed by atoms with Crippen molar-refractivity contribution in [2.24, 2.45) is 4.99 Å². The van der Waals surface area contributed by atoms with Crippen molar-refractivity contribution in [2.45, 2.75) is 6.04 Å². The molecule has 3 nitrogen and oxygen atoms in total. The number of benzene rings is 9. The minimum atomic E-state index is -0.0375. The van der Waals surface area contributed by atoms with Gasteiger partial charge in [0.05, 0.1) is 28.5 Å². The summed E-state index contributed by atoms with van der Waals surface area (Å²) in [6.45, 7) is 0. The van der Waals surface area contributed by atoms with E-state index in [9.17, 15) is 0 Å². The van der Waals surface area contributed by atoms with E-state index in [4.69, 9.17) is 4.99 Å². The van der Waals surface area contributed by atoms with Crippen molar-refractivity contribution in [1.29, 1.82) is 0 Å². The zero-order chi connectivity index (χ0) is 39.1. The second-order valence-corrected chi connectivity index (χ2v) is 15.2. The second-order valence-electron chi connectivity index (χ2n) is 15.2. The molecular weight excluding hydrogens is 715 g/mol. The average Bonchev–Trinajstić information content (AvgIpc) is 3.65. The molecule has 1 atom stereocenters. The van der Waals surface area contributed by atoms with Gasteiger partial charge in [0.25, 0.3) is 0 Å². The molecule has 9 aromatic carbocycles. The number of nitrogens with one attached hydrogen (secondary N) is 1. The van der Waals surface area contributed by atoms with Crippen LogP contribution in [-0.4, -0.2) is 10.4 Å². The van der Waals surface area contributed by atoms with Crippen LogP contribution in [-0.2, 0) is 0 Å². The summed E-state index contributed by atoms with van der Waals surface area (Å²) in [6, 6.07) is 78.4. The van der Waals surface area contributed by atoms with Crippen molar-refractivity contribution in [1.82, 2.24) is 9.88 Å². The predicted octanol–water partition coefficient (Wildman–Crippen LogP) is 14.1. The molecule has 0 saturated heterocycles. The summed E-state index contributed by atoms with van der Waals surface area (Å²) in [4.78, 5) is 5.19. The normalized spacial score (nSPS) is 13.9. The number of para-hydroxylation sites is 1. The molecule has 0 bridgehead atoms. The first-order valence-corrected chi connectivity index (χ1v) is 20.2. The van der Waals surface area contributed by atoms with Gasteiger partial charge in [-0.2, -0.15) is 0 Å². The van der Waals surface area contributed by atoms with Crippen LogP contribution in [0.15, 0.2) is 229 Å². The highest BCUT2D eigenvalue weighted by Crippen LogP contribution is 2.40. The molecule has 11 rings (SSSR count). The molecule has 1 aliphatic heterocycles. The Morgan fingerprint density at radius 3 is 1.61 bits per heavy atom. The number of hydrogen-bond donors (Lipinski definition) is 1. The molecule has 2 heterocycles. The van der Waals surface area contributed by atoms with E-state index in [0.717, 1.165) is 22.7 Å². The van der Waals surface area contributed by atoms with Crippen molar-refractivity contribution < 1.29 is 0 Å². The van der Waals surface area contributed by atoms with Gasteiger partial charge < -0.3 is 9.88 Å². The third-order valence-electron chi connectivity index (χ3n) is 11.7. The maximum atomic E-state index is 5.19. The van der Waals surface area contributed by atoms with Crippen LogP contribution >= 0.6 is 0 Å². The Hall–Kier alpha value is -7.75. The van der Waals surface area contributed by atoms with Gasteiger partial charge in [0.1, 0.15) is 5.84 Å². The molecule has 1 unspecified atom stereocenters. The first kappa shape index (κ1) is 34.5. The van der Waals surface area contributed by atoms with Gasteiger partial charge in [0, 0.05) is 21.7 Å². The van der Waals surface area contributed by atoms with Crippen molar-refractivity contribution in [3.63, 3.8) is 0 Å². The topological polar surface area (TPSA) is 29.3 Å². The molecule has 0 saturated carbocycles. The predicted molar refractivity (Wildman–Crippen MR) is 248 cm³/mol. The van der Waals surface area contributed by atoms with Crippen LogP contribution in [0, 0.1) is 0 Å². The quantitative estimate of drug-likeness (QED) is 0.173.